The molecule has 2 nitrogen and oxygen atoms in total. The molecule has 0 heterocycles. The zero-order valence-electron chi connectivity index (χ0n) is 10.3. The fraction of sp³-hybridized carbons (Fsp3) is 0.357. The molecular weight excluding hydrogens is 234 g/mol. The number of carbonyl (C=O) groups is 1. The monoisotopic (exact) mass is 253 g/mol. The van der Waals surface area contributed by atoms with E-state index in [9.17, 15) is 4.79 Å². The lowest BCUT2D eigenvalue weighted by Crippen LogP contribution is -2.25. The lowest BCUT2D eigenvalue weighted by atomic mass is 10.2. The first-order valence-electron chi connectivity index (χ1n) is 5.72. The first kappa shape index (κ1) is 15.7. The van der Waals surface area contributed by atoms with Gasteiger partial charge < -0.3 is 5.32 Å². The molecule has 0 radical (unpaired) electrons. The summed E-state index contributed by atoms with van der Waals surface area (Å²) in [4.78, 5) is 11.5. The topological polar surface area (TPSA) is 29.1 Å². The van der Waals surface area contributed by atoms with Gasteiger partial charge in [-0.1, -0.05) is 50.3 Å². The van der Waals surface area contributed by atoms with Crippen molar-refractivity contribution in [2.75, 3.05) is 6.54 Å². The molecule has 1 N–H and O–H groups in total. The van der Waals surface area contributed by atoms with Crippen LogP contribution in [0.1, 0.15) is 26.2 Å². The molecule has 0 spiro atoms. The molecule has 0 aliphatic heterocycles. The van der Waals surface area contributed by atoms with Crippen molar-refractivity contribution in [3.05, 3.63) is 48.1 Å². The summed E-state index contributed by atoms with van der Waals surface area (Å²) in [5.41, 5.74) is 0.542. The molecule has 1 amide bonds. The zero-order valence-corrected chi connectivity index (χ0v) is 11.1. The van der Waals surface area contributed by atoms with Gasteiger partial charge in [0.05, 0.1) is 0 Å². The zero-order chi connectivity index (χ0) is 13.1. The first-order valence-corrected chi connectivity index (χ1v) is 6.10. The number of hydrogen-bond donors (Lipinski definition) is 1. The van der Waals surface area contributed by atoms with Crippen LogP contribution in [0.2, 0.25) is 0 Å². The molecule has 0 aromatic heterocycles. The minimum Gasteiger partial charge on any atom is -0.352 e. The summed E-state index contributed by atoms with van der Waals surface area (Å²) in [6, 6.07) is 0. The second-order valence-electron chi connectivity index (χ2n) is 3.61. The van der Waals surface area contributed by atoms with Crippen molar-refractivity contribution in [1.29, 1.82) is 0 Å². The third-order valence-corrected chi connectivity index (χ3v) is 2.31. The van der Waals surface area contributed by atoms with Gasteiger partial charge in [0.2, 0.25) is 5.91 Å². The van der Waals surface area contributed by atoms with Gasteiger partial charge in [-0.25, -0.2) is 0 Å². The predicted molar refractivity (Wildman–Crippen MR) is 74.9 cm³/mol. The smallest absolute Gasteiger partial charge is 0.246 e. The summed E-state index contributed by atoms with van der Waals surface area (Å²) in [6.45, 7) is 10.1. The normalized spacial score (nSPS) is 11.5. The number of amides is 1. The Morgan fingerprint density at radius 3 is 2.76 bits per heavy atom. The molecule has 0 fully saturated rings. The van der Waals surface area contributed by atoms with Crippen molar-refractivity contribution in [3.63, 3.8) is 0 Å². The fourth-order valence-electron chi connectivity index (χ4n) is 1.08. The highest BCUT2D eigenvalue weighted by molar-refractivity contribution is 6.31. The van der Waals surface area contributed by atoms with E-state index in [1.165, 1.54) is 0 Å². The lowest BCUT2D eigenvalue weighted by molar-refractivity contribution is -0.117. The van der Waals surface area contributed by atoms with E-state index < -0.39 is 0 Å². The maximum absolute atomic E-state index is 11.5. The van der Waals surface area contributed by atoms with E-state index in [2.05, 4.69) is 25.4 Å². The van der Waals surface area contributed by atoms with Gasteiger partial charge in [0, 0.05) is 17.2 Å². The molecule has 0 aliphatic carbocycles. The van der Waals surface area contributed by atoms with Crippen molar-refractivity contribution >= 4 is 17.5 Å². The number of hydrogen-bond acceptors (Lipinski definition) is 1. The van der Waals surface area contributed by atoms with Gasteiger partial charge in [0.25, 0.3) is 0 Å². The van der Waals surface area contributed by atoms with E-state index in [-0.39, 0.29) is 5.91 Å². The Hall–Kier alpha value is -1.28. The van der Waals surface area contributed by atoms with Gasteiger partial charge in [0.15, 0.2) is 0 Å². The number of rotatable bonds is 8. The molecular formula is C14H20ClNO. The molecule has 0 atom stereocenters. The van der Waals surface area contributed by atoms with E-state index in [1.807, 2.05) is 6.08 Å². The van der Waals surface area contributed by atoms with Crippen LogP contribution in [0.4, 0.5) is 0 Å². The predicted octanol–water partition coefficient (Wildman–Crippen LogP) is 3.71. The lowest BCUT2D eigenvalue weighted by Gasteiger charge is -2.04. The van der Waals surface area contributed by atoms with E-state index in [1.54, 1.807) is 18.2 Å². The Labute approximate surface area is 109 Å². The van der Waals surface area contributed by atoms with E-state index >= 15 is 0 Å². The molecule has 0 bridgehead atoms. The van der Waals surface area contributed by atoms with Gasteiger partial charge in [-0.05, 0) is 25.0 Å². The summed E-state index contributed by atoms with van der Waals surface area (Å²) in [5.74, 6) is -0.0908. The summed E-state index contributed by atoms with van der Waals surface area (Å²) < 4.78 is 0. The molecule has 0 aromatic carbocycles. The number of nitrogens with one attached hydrogen (secondary N) is 1. The highest BCUT2D eigenvalue weighted by Gasteiger charge is 2.03. The van der Waals surface area contributed by atoms with Crippen LogP contribution >= 0.6 is 11.6 Å². The van der Waals surface area contributed by atoms with Gasteiger partial charge in [-0.15, -0.1) is 0 Å². The largest absolute Gasteiger partial charge is 0.352 e. The highest BCUT2D eigenvalue weighted by Crippen LogP contribution is 2.06. The highest BCUT2D eigenvalue weighted by atomic mass is 35.5. The van der Waals surface area contributed by atoms with Crippen LogP contribution in [0.15, 0.2) is 48.1 Å². The average Bonchev–Trinajstić information content (AvgIpc) is 2.29. The number of allylic oxidation sites excluding steroid dienone is 5. The van der Waals surface area contributed by atoms with Crippen molar-refractivity contribution in [2.45, 2.75) is 26.2 Å². The van der Waals surface area contributed by atoms with Crippen molar-refractivity contribution in [2.24, 2.45) is 0 Å². The van der Waals surface area contributed by atoms with Crippen LogP contribution in [-0.2, 0) is 4.79 Å². The number of halogens is 1. The Morgan fingerprint density at radius 1 is 1.47 bits per heavy atom. The molecule has 94 valence electrons. The van der Waals surface area contributed by atoms with Gasteiger partial charge >= 0.3 is 0 Å². The summed E-state index contributed by atoms with van der Waals surface area (Å²) in [7, 11) is 0. The molecule has 0 unspecified atom stereocenters. The van der Waals surface area contributed by atoms with Crippen LogP contribution in [0.3, 0.4) is 0 Å². The second-order valence-corrected chi connectivity index (χ2v) is 4.04. The van der Waals surface area contributed by atoms with Crippen LogP contribution < -0.4 is 5.32 Å². The molecule has 17 heavy (non-hydrogen) atoms. The molecule has 3 heteroatoms. The van der Waals surface area contributed by atoms with Crippen LogP contribution in [0, 0.1) is 0 Å². The van der Waals surface area contributed by atoms with Crippen LogP contribution in [0.5, 0.6) is 0 Å². The minimum atomic E-state index is -0.0908. The van der Waals surface area contributed by atoms with Crippen LogP contribution in [-0.4, -0.2) is 12.5 Å². The van der Waals surface area contributed by atoms with E-state index in [4.69, 9.17) is 11.6 Å². The SMILES string of the molecule is C=C/C=C(Cl)\C=C/CC(=C)C(=O)NCCCC. The maximum atomic E-state index is 11.5. The Balaban J connectivity index is 3.97. The van der Waals surface area contributed by atoms with Gasteiger partial charge in [-0.2, -0.15) is 0 Å². The number of unbranched alkanes of at least 4 members (excludes halogenated alkanes) is 1. The Bertz CT molecular complexity index is 329. The third kappa shape index (κ3) is 8.52. The second kappa shape index (κ2) is 9.91. The Morgan fingerprint density at radius 2 is 2.18 bits per heavy atom. The summed E-state index contributed by atoms with van der Waals surface area (Å²) in [5, 5.41) is 3.39. The quantitative estimate of drug-likeness (QED) is 0.399. The molecule has 0 rings (SSSR count). The number of carbonyl (C=O) groups excluding carboxylic acids is 1. The fourth-order valence-corrected chi connectivity index (χ4v) is 1.26. The van der Waals surface area contributed by atoms with E-state index in [0.29, 0.717) is 23.6 Å². The summed E-state index contributed by atoms with van der Waals surface area (Å²) in [6.07, 6.45) is 9.38. The Kier molecular flexibility index (Phi) is 9.17. The molecule has 0 saturated heterocycles. The minimum absolute atomic E-state index is 0.0908. The average molecular weight is 254 g/mol. The van der Waals surface area contributed by atoms with Gasteiger partial charge in [-0.3, -0.25) is 4.79 Å². The van der Waals surface area contributed by atoms with Crippen molar-refractivity contribution < 1.29 is 4.79 Å². The molecule has 0 saturated carbocycles. The van der Waals surface area contributed by atoms with Crippen molar-refractivity contribution in [3.8, 4) is 0 Å². The van der Waals surface area contributed by atoms with Crippen LogP contribution in [0.25, 0.3) is 0 Å². The first-order chi connectivity index (χ1) is 8.11. The molecule has 0 aliphatic rings. The standard InChI is InChI=1S/C14H20ClNO/c1-4-6-11-16-14(17)12(3)9-7-10-13(15)8-5-2/h5,7-8,10H,2-4,6,9,11H2,1H3,(H,16,17)/b10-7-,13-8+. The summed E-state index contributed by atoms with van der Waals surface area (Å²) >= 11 is 5.82. The third-order valence-electron chi connectivity index (χ3n) is 2.06. The molecule has 0 aromatic rings. The van der Waals surface area contributed by atoms with Crippen molar-refractivity contribution in [1.82, 2.24) is 5.32 Å². The van der Waals surface area contributed by atoms with Gasteiger partial charge in [0.1, 0.15) is 0 Å². The maximum Gasteiger partial charge on any atom is 0.246 e. The van der Waals surface area contributed by atoms with E-state index in [0.717, 1.165) is 12.8 Å².